The molecule has 0 aliphatic heterocycles. The highest BCUT2D eigenvalue weighted by atomic mass is 79.9. The van der Waals surface area contributed by atoms with Gasteiger partial charge in [0.15, 0.2) is 0 Å². The highest BCUT2D eigenvalue weighted by Crippen LogP contribution is 2.25. The van der Waals surface area contributed by atoms with Gasteiger partial charge in [0.05, 0.1) is 4.90 Å². The van der Waals surface area contributed by atoms with E-state index in [1.807, 2.05) is 19.2 Å². The number of hydrogen-bond donors (Lipinski definition) is 0. The zero-order chi connectivity index (χ0) is 14.8. The second kappa shape index (κ2) is 5.81. The quantitative estimate of drug-likeness (QED) is 0.767. The smallest absolute Gasteiger partial charge is 0.242 e. The van der Waals surface area contributed by atoms with Crippen molar-refractivity contribution < 1.29 is 8.42 Å². The number of benzene rings is 1. The minimum Gasteiger partial charge on any atom is -0.369 e. The molecule has 0 fully saturated rings. The van der Waals surface area contributed by atoms with Gasteiger partial charge < -0.3 is 4.90 Å². The Balaban J connectivity index is 3.08. The van der Waals surface area contributed by atoms with Gasteiger partial charge in [-0.15, -0.1) is 0 Å². The van der Waals surface area contributed by atoms with Gasteiger partial charge in [0.1, 0.15) is 0 Å². The molecule has 0 saturated carbocycles. The SMILES string of the molecule is CN(c1ccc(S(=O)(=O)N(C)C)cc1)C(C)(C)CBr. The lowest BCUT2D eigenvalue weighted by molar-refractivity contribution is 0.520. The van der Waals surface area contributed by atoms with E-state index in [-0.39, 0.29) is 5.54 Å². The third kappa shape index (κ3) is 3.49. The third-order valence-corrected chi connectivity index (χ3v) is 6.44. The van der Waals surface area contributed by atoms with Crippen molar-refractivity contribution in [3.8, 4) is 0 Å². The van der Waals surface area contributed by atoms with Crippen LogP contribution in [0.4, 0.5) is 5.69 Å². The van der Waals surface area contributed by atoms with E-state index in [1.54, 1.807) is 12.1 Å². The average molecular weight is 349 g/mol. The van der Waals surface area contributed by atoms with Gasteiger partial charge in [-0.2, -0.15) is 0 Å². The van der Waals surface area contributed by atoms with Gasteiger partial charge in [-0.1, -0.05) is 15.9 Å². The van der Waals surface area contributed by atoms with Gasteiger partial charge in [0.2, 0.25) is 10.0 Å². The molecule has 0 heterocycles. The van der Waals surface area contributed by atoms with E-state index in [9.17, 15) is 8.42 Å². The number of halogens is 1. The molecule has 0 radical (unpaired) electrons. The van der Waals surface area contributed by atoms with Crippen molar-refractivity contribution >= 4 is 31.6 Å². The van der Waals surface area contributed by atoms with Crippen LogP contribution in [0.1, 0.15) is 13.8 Å². The summed E-state index contributed by atoms with van der Waals surface area (Å²) >= 11 is 3.49. The zero-order valence-corrected chi connectivity index (χ0v) is 14.4. The van der Waals surface area contributed by atoms with E-state index in [4.69, 9.17) is 0 Å². The van der Waals surface area contributed by atoms with Crippen LogP contribution < -0.4 is 4.90 Å². The summed E-state index contributed by atoms with van der Waals surface area (Å²) in [5.74, 6) is 0. The Hall–Kier alpha value is -0.590. The fourth-order valence-corrected chi connectivity index (χ4v) is 2.77. The standard InChI is InChI=1S/C13H21BrN2O2S/c1-13(2,10-14)16(5)11-6-8-12(9-7-11)19(17,18)15(3)4/h6-9H,10H2,1-5H3. The van der Waals surface area contributed by atoms with E-state index < -0.39 is 10.0 Å². The number of nitrogens with zero attached hydrogens (tertiary/aromatic N) is 2. The second-order valence-electron chi connectivity index (χ2n) is 5.29. The van der Waals surface area contributed by atoms with E-state index in [0.29, 0.717) is 4.90 Å². The molecule has 0 atom stereocenters. The predicted octanol–water partition coefficient (Wildman–Crippen LogP) is 2.55. The number of sulfonamides is 1. The van der Waals surface area contributed by atoms with Crippen LogP contribution in [-0.4, -0.2) is 44.7 Å². The van der Waals surface area contributed by atoms with Crippen LogP contribution in [-0.2, 0) is 10.0 Å². The van der Waals surface area contributed by atoms with Crippen molar-refractivity contribution in [2.75, 3.05) is 31.4 Å². The molecule has 0 spiro atoms. The molecule has 19 heavy (non-hydrogen) atoms. The molecule has 0 N–H and O–H groups in total. The first-order valence-corrected chi connectivity index (χ1v) is 8.51. The molecule has 1 rings (SSSR count). The van der Waals surface area contributed by atoms with Crippen LogP contribution >= 0.6 is 15.9 Å². The Morgan fingerprint density at radius 3 is 1.95 bits per heavy atom. The number of rotatable bonds is 5. The maximum Gasteiger partial charge on any atom is 0.242 e. The minimum atomic E-state index is -3.35. The Morgan fingerprint density at radius 1 is 1.11 bits per heavy atom. The molecule has 1 aromatic rings. The first-order valence-electron chi connectivity index (χ1n) is 5.95. The average Bonchev–Trinajstić information content (AvgIpc) is 2.37. The summed E-state index contributed by atoms with van der Waals surface area (Å²) in [4.78, 5) is 2.43. The van der Waals surface area contributed by atoms with Gasteiger partial charge in [0.25, 0.3) is 0 Å². The molecule has 0 aromatic heterocycles. The molecular formula is C13H21BrN2O2S. The molecule has 0 aliphatic rings. The summed E-state index contributed by atoms with van der Waals surface area (Å²) in [6, 6.07) is 6.96. The van der Waals surface area contributed by atoms with E-state index >= 15 is 0 Å². The van der Waals surface area contributed by atoms with Crippen LogP contribution in [0.15, 0.2) is 29.2 Å². The summed E-state index contributed by atoms with van der Waals surface area (Å²) in [5, 5.41) is 0.828. The second-order valence-corrected chi connectivity index (χ2v) is 8.00. The molecule has 6 heteroatoms. The Morgan fingerprint density at radius 2 is 1.58 bits per heavy atom. The van der Waals surface area contributed by atoms with Crippen molar-refractivity contribution in [3.05, 3.63) is 24.3 Å². The number of hydrogen-bond acceptors (Lipinski definition) is 3. The largest absolute Gasteiger partial charge is 0.369 e. The van der Waals surface area contributed by atoms with Crippen LogP contribution in [0.5, 0.6) is 0 Å². The fraction of sp³-hybridized carbons (Fsp3) is 0.538. The van der Waals surface area contributed by atoms with Crippen molar-refractivity contribution in [2.45, 2.75) is 24.3 Å². The van der Waals surface area contributed by atoms with Crippen molar-refractivity contribution in [3.63, 3.8) is 0 Å². The summed E-state index contributed by atoms with van der Waals surface area (Å²) in [6.45, 7) is 4.23. The first-order chi connectivity index (χ1) is 8.63. The summed E-state index contributed by atoms with van der Waals surface area (Å²) in [5.41, 5.74) is 0.948. The molecule has 108 valence electrons. The van der Waals surface area contributed by atoms with E-state index in [1.165, 1.54) is 18.4 Å². The van der Waals surface area contributed by atoms with Gasteiger partial charge >= 0.3 is 0 Å². The maximum absolute atomic E-state index is 12.0. The summed E-state index contributed by atoms with van der Waals surface area (Å²) < 4.78 is 25.2. The highest BCUT2D eigenvalue weighted by Gasteiger charge is 2.23. The van der Waals surface area contributed by atoms with Crippen LogP contribution in [0.25, 0.3) is 0 Å². The maximum atomic E-state index is 12.0. The molecule has 4 nitrogen and oxygen atoms in total. The van der Waals surface area contributed by atoms with Gasteiger partial charge in [0, 0.05) is 37.7 Å². The number of alkyl halides is 1. The topological polar surface area (TPSA) is 40.6 Å². The van der Waals surface area contributed by atoms with Crippen LogP contribution in [0.3, 0.4) is 0 Å². The van der Waals surface area contributed by atoms with Gasteiger partial charge in [-0.3, -0.25) is 0 Å². The zero-order valence-electron chi connectivity index (χ0n) is 12.0. The van der Waals surface area contributed by atoms with E-state index in [0.717, 1.165) is 11.0 Å². The third-order valence-electron chi connectivity index (χ3n) is 3.24. The predicted molar refractivity (Wildman–Crippen MR) is 83.6 cm³/mol. The molecule has 1 aromatic carbocycles. The Bertz CT molecular complexity index is 524. The summed E-state index contributed by atoms with van der Waals surface area (Å²) in [7, 11) is 1.70. The van der Waals surface area contributed by atoms with E-state index in [2.05, 4.69) is 34.7 Å². The Kier molecular flexibility index (Phi) is 5.03. The minimum absolute atomic E-state index is 0.0397. The van der Waals surface area contributed by atoms with Crippen LogP contribution in [0.2, 0.25) is 0 Å². The lowest BCUT2D eigenvalue weighted by atomic mass is 10.1. The fourth-order valence-electron chi connectivity index (χ4n) is 1.49. The van der Waals surface area contributed by atoms with Gasteiger partial charge in [-0.25, -0.2) is 12.7 Å². The summed E-state index contributed by atoms with van der Waals surface area (Å²) in [6.07, 6.45) is 0. The van der Waals surface area contributed by atoms with Crippen molar-refractivity contribution in [1.29, 1.82) is 0 Å². The monoisotopic (exact) mass is 348 g/mol. The molecule has 0 bridgehead atoms. The molecule has 0 saturated heterocycles. The number of anilines is 1. The lowest BCUT2D eigenvalue weighted by Crippen LogP contribution is -2.42. The van der Waals surface area contributed by atoms with Crippen molar-refractivity contribution in [2.24, 2.45) is 0 Å². The first kappa shape index (κ1) is 16.5. The molecule has 0 unspecified atom stereocenters. The Labute approximate surface area is 124 Å². The highest BCUT2D eigenvalue weighted by molar-refractivity contribution is 9.09. The molecule has 0 aliphatic carbocycles. The molecular weight excluding hydrogens is 328 g/mol. The molecule has 0 amide bonds. The van der Waals surface area contributed by atoms with Crippen LogP contribution in [0, 0.1) is 0 Å². The van der Waals surface area contributed by atoms with Crippen molar-refractivity contribution in [1.82, 2.24) is 4.31 Å². The van der Waals surface area contributed by atoms with Gasteiger partial charge in [-0.05, 0) is 38.1 Å². The normalized spacial score (nSPS) is 12.8. The lowest BCUT2D eigenvalue weighted by Gasteiger charge is -2.36.